The topological polar surface area (TPSA) is 87.7 Å². The third-order valence-electron chi connectivity index (χ3n) is 3.44. The summed E-state index contributed by atoms with van der Waals surface area (Å²) in [5.74, 6) is -0.410. The lowest BCUT2D eigenvalue weighted by Gasteiger charge is -2.33. The number of nitrogens with zero attached hydrogens (tertiary/aromatic N) is 1. The molecule has 0 atom stereocenters. The molecule has 0 unspecified atom stereocenters. The smallest absolute Gasteiger partial charge is 0.315 e. The van der Waals surface area contributed by atoms with E-state index in [4.69, 9.17) is 0 Å². The number of methoxy groups -OCH3 is 1. The van der Waals surface area contributed by atoms with Crippen LogP contribution in [0.5, 0.6) is 0 Å². The summed E-state index contributed by atoms with van der Waals surface area (Å²) in [5, 5.41) is 5.79. The molecule has 0 aromatic carbocycles. The zero-order valence-corrected chi connectivity index (χ0v) is 13.9. The average Bonchev–Trinajstić information content (AvgIpc) is 2.43. The van der Waals surface area contributed by atoms with Crippen molar-refractivity contribution in [2.45, 2.75) is 58.0 Å². The van der Waals surface area contributed by atoms with Crippen LogP contribution < -0.4 is 10.6 Å². The van der Waals surface area contributed by atoms with Crippen molar-refractivity contribution in [2.75, 3.05) is 20.2 Å². The summed E-state index contributed by atoms with van der Waals surface area (Å²) in [6, 6.07) is -0.102. The maximum atomic E-state index is 12.0. The zero-order chi connectivity index (χ0) is 16.8. The summed E-state index contributed by atoms with van der Waals surface area (Å²) >= 11 is 0. The second-order valence-corrected chi connectivity index (χ2v) is 6.58. The number of ether oxygens (including phenoxy) is 1. The van der Waals surface area contributed by atoms with Crippen LogP contribution in [0.25, 0.3) is 0 Å². The first-order valence-corrected chi connectivity index (χ1v) is 7.64. The first kappa shape index (κ1) is 18.3. The van der Waals surface area contributed by atoms with E-state index in [2.05, 4.69) is 15.4 Å². The van der Waals surface area contributed by atoms with Crippen LogP contribution in [0.2, 0.25) is 0 Å². The monoisotopic (exact) mass is 313 g/mol. The van der Waals surface area contributed by atoms with Gasteiger partial charge >= 0.3 is 12.0 Å². The van der Waals surface area contributed by atoms with Crippen molar-refractivity contribution in [3.05, 3.63) is 0 Å². The highest BCUT2D eigenvalue weighted by atomic mass is 16.5. The second-order valence-electron chi connectivity index (χ2n) is 6.58. The van der Waals surface area contributed by atoms with Gasteiger partial charge in [-0.3, -0.25) is 9.59 Å². The van der Waals surface area contributed by atoms with Gasteiger partial charge in [0, 0.05) is 31.1 Å². The molecular weight excluding hydrogens is 286 g/mol. The summed E-state index contributed by atoms with van der Waals surface area (Å²) < 4.78 is 4.52. The molecule has 1 heterocycles. The molecule has 7 nitrogen and oxygen atoms in total. The second kappa shape index (κ2) is 8.00. The SMILES string of the molecule is COC(=O)CCC(=O)N1CCC(NC(=O)NC(C)(C)C)CC1. The van der Waals surface area contributed by atoms with Crippen LogP contribution in [0.4, 0.5) is 4.79 Å². The van der Waals surface area contributed by atoms with Gasteiger partial charge in [-0.2, -0.15) is 0 Å². The molecule has 7 heteroatoms. The third-order valence-corrected chi connectivity index (χ3v) is 3.44. The van der Waals surface area contributed by atoms with Crippen molar-refractivity contribution in [3.63, 3.8) is 0 Å². The highest BCUT2D eigenvalue weighted by Gasteiger charge is 2.25. The predicted octanol–water partition coefficient (Wildman–Crippen LogP) is 1.03. The largest absolute Gasteiger partial charge is 0.469 e. The number of carbonyl (C=O) groups excluding carboxylic acids is 3. The third kappa shape index (κ3) is 6.78. The van der Waals surface area contributed by atoms with Crippen LogP contribution in [0, 0.1) is 0 Å². The Morgan fingerprint density at radius 2 is 1.73 bits per heavy atom. The number of hydrogen-bond acceptors (Lipinski definition) is 4. The Bertz CT molecular complexity index is 410. The summed E-state index contributed by atoms with van der Waals surface area (Å²) in [4.78, 5) is 36.5. The number of carbonyl (C=O) groups is 3. The van der Waals surface area contributed by atoms with Gasteiger partial charge in [-0.05, 0) is 33.6 Å². The fourth-order valence-electron chi connectivity index (χ4n) is 2.30. The summed E-state index contributed by atoms with van der Waals surface area (Å²) in [6.07, 6.45) is 1.74. The maximum absolute atomic E-state index is 12.0. The fourth-order valence-corrected chi connectivity index (χ4v) is 2.30. The molecular formula is C15H27N3O4. The maximum Gasteiger partial charge on any atom is 0.315 e. The average molecular weight is 313 g/mol. The lowest BCUT2D eigenvalue weighted by molar-refractivity contribution is -0.143. The number of urea groups is 1. The van der Waals surface area contributed by atoms with Gasteiger partial charge in [0.2, 0.25) is 5.91 Å². The Morgan fingerprint density at radius 3 is 2.23 bits per heavy atom. The number of amides is 3. The van der Waals surface area contributed by atoms with Gasteiger partial charge in [0.05, 0.1) is 13.5 Å². The first-order valence-electron chi connectivity index (χ1n) is 7.64. The Kier molecular flexibility index (Phi) is 6.64. The molecule has 0 bridgehead atoms. The van der Waals surface area contributed by atoms with Gasteiger partial charge in [-0.25, -0.2) is 4.79 Å². The molecule has 1 rings (SSSR count). The van der Waals surface area contributed by atoms with Gasteiger partial charge in [-0.1, -0.05) is 0 Å². The van der Waals surface area contributed by atoms with E-state index in [1.54, 1.807) is 4.90 Å². The Balaban J connectivity index is 2.29. The van der Waals surface area contributed by atoms with Gasteiger partial charge in [0.1, 0.15) is 0 Å². The van der Waals surface area contributed by atoms with Crippen LogP contribution in [-0.4, -0.2) is 54.6 Å². The summed E-state index contributed by atoms with van der Waals surface area (Å²) in [5.41, 5.74) is -0.269. The van der Waals surface area contributed by atoms with E-state index in [-0.39, 0.29) is 42.3 Å². The molecule has 3 amide bonds. The van der Waals surface area contributed by atoms with Gasteiger partial charge in [0.25, 0.3) is 0 Å². The van der Waals surface area contributed by atoms with Gasteiger partial charge in [-0.15, -0.1) is 0 Å². The number of rotatable bonds is 4. The lowest BCUT2D eigenvalue weighted by atomic mass is 10.0. The molecule has 0 spiro atoms. The number of likely N-dealkylation sites (tertiary alicyclic amines) is 1. The van der Waals surface area contributed by atoms with E-state index in [0.717, 1.165) is 12.8 Å². The Labute approximate surface area is 131 Å². The first-order chi connectivity index (χ1) is 10.2. The molecule has 1 aliphatic heterocycles. The van der Waals surface area contributed by atoms with Crippen molar-refractivity contribution in [1.82, 2.24) is 15.5 Å². The molecule has 0 aromatic heterocycles. The Morgan fingerprint density at radius 1 is 1.14 bits per heavy atom. The molecule has 2 N–H and O–H groups in total. The Hall–Kier alpha value is -1.79. The number of esters is 1. The number of piperidine rings is 1. The van der Waals surface area contributed by atoms with Crippen molar-refractivity contribution in [3.8, 4) is 0 Å². The van der Waals surface area contributed by atoms with Crippen LogP contribution in [0.15, 0.2) is 0 Å². The fraction of sp³-hybridized carbons (Fsp3) is 0.800. The van der Waals surface area contributed by atoms with Crippen molar-refractivity contribution in [1.29, 1.82) is 0 Å². The highest BCUT2D eigenvalue weighted by Crippen LogP contribution is 2.12. The van der Waals surface area contributed by atoms with E-state index in [0.29, 0.717) is 13.1 Å². The van der Waals surface area contributed by atoms with Crippen LogP contribution in [0.3, 0.4) is 0 Å². The molecule has 126 valence electrons. The van der Waals surface area contributed by atoms with Crippen LogP contribution in [-0.2, 0) is 14.3 Å². The molecule has 0 aromatic rings. The molecule has 0 aliphatic carbocycles. The van der Waals surface area contributed by atoms with Gasteiger partial charge < -0.3 is 20.3 Å². The van der Waals surface area contributed by atoms with E-state index in [1.165, 1.54) is 7.11 Å². The minimum Gasteiger partial charge on any atom is -0.469 e. The molecule has 22 heavy (non-hydrogen) atoms. The molecule has 1 fully saturated rings. The van der Waals surface area contributed by atoms with Gasteiger partial charge in [0.15, 0.2) is 0 Å². The van der Waals surface area contributed by atoms with Crippen molar-refractivity contribution >= 4 is 17.9 Å². The standard InChI is InChI=1S/C15H27N3O4/c1-15(2,3)17-14(21)16-11-7-9-18(10-8-11)12(19)5-6-13(20)22-4/h11H,5-10H2,1-4H3,(H2,16,17,21). The quantitative estimate of drug-likeness (QED) is 0.759. The molecule has 1 aliphatic rings. The summed E-state index contributed by atoms with van der Waals surface area (Å²) in [6.45, 7) is 6.97. The minimum absolute atomic E-state index is 0.0389. The van der Waals surface area contributed by atoms with Crippen LogP contribution in [0.1, 0.15) is 46.5 Å². The number of nitrogens with one attached hydrogen (secondary N) is 2. The van der Waals surface area contributed by atoms with Crippen molar-refractivity contribution < 1.29 is 19.1 Å². The normalized spacial score (nSPS) is 16.1. The molecule has 1 saturated heterocycles. The lowest BCUT2D eigenvalue weighted by Crippen LogP contribution is -2.52. The predicted molar refractivity (Wildman–Crippen MR) is 82.3 cm³/mol. The highest BCUT2D eigenvalue weighted by molar-refractivity contribution is 5.81. The number of hydrogen-bond donors (Lipinski definition) is 2. The van der Waals surface area contributed by atoms with E-state index < -0.39 is 0 Å². The molecule has 0 saturated carbocycles. The van der Waals surface area contributed by atoms with E-state index >= 15 is 0 Å². The zero-order valence-electron chi connectivity index (χ0n) is 13.9. The van der Waals surface area contributed by atoms with E-state index in [1.807, 2.05) is 20.8 Å². The summed E-state index contributed by atoms with van der Waals surface area (Å²) in [7, 11) is 1.31. The minimum atomic E-state index is -0.372. The van der Waals surface area contributed by atoms with Crippen molar-refractivity contribution in [2.24, 2.45) is 0 Å². The van der Waals surface area contributed by atoms with Crippen LogP contribution >= 0.6 is 0 Å². The van der Waals surface area contributed by atoms with E-state index in [9.17, 15) is 14.4 Å². The molecule has 0 radical (unpaired) electrons.